The van der Waals surface area contributed by atoms with Gasteiger partial charge in [-0.05, 0) is 25.1 Å². The minimum absolute atomic E-state index is 0.184. The van der Waals surface area contributed by atoms with Gasteiger partial charge in [-0.1, -0.05) is 17.7 Å². The van der Waals surface area contributed by atoms with Crippen molar-refractivity contribution in [3.05, 3.63) is 47.8 Å². The van der Waals surface area contributed by atoms with E-state index in [1.165, 1.54) is 12.3 Å². The Morgan fingerprint density at radius 1 is 1.28 bits per heavy atom. The Morgan fingerprint density at radius 3 is 2.50 bits per heavy atom. The largest absolute Gasteiger partial charge is 0.363 e. The molecule has 0 amide bonds. The summed E-state index contributed by atoms with van der Waals surface area (Å²) >= 11 is 0. The lowest BCUT2D eigenvalue weighted by Gasteiger charge is -2.06. The molecule has 0 bridgehead atoms. The predicted octanol–water partition coefficient (Wildman–Crippen LogP) is 1.58. The average Bonchev–Trinajstić information content (AvgIpc) is 2.81. The molecular weight excluding hydrogens is 250 g/mol. The van der Waals surface area contributed by atoms with Crippen molar-refractivity contribution >= 4 is 15.7 Å². The molecule has 0 aliphatic heterocycles. The van der Waals surface area contributed by atoms with Crippen molar-refractivity contribution in [3.8, 4) is 0 Å². The molecule has 96 valence electrons. The number of aryl methyl sites for hydroxylation is 1. The predicted molar refractivity (Wildman–Crippen MR) is 70.7 cm³/mol. The topological polar surface area (TPSA) is 88.0 Å². The quantitative estimate of drug-likeness (QED) is 0.784. The third-order valence-electron chi connectivity index (χ3n) is 2.55. The van der Waals surface area contributed by atoms with E-state index in [4.69, 9.17) is 5.73 Å². The molecule has 6 heteroatoms. The first-order valence-electron chi connectivity index (χ1n) is 5.48. The van der Waals surface area contributed by atoms with Crippen LogP contribution in [0.15, 0.2) is 41.4 Å². The molecule has 0 saturated carbocycles. The highest BCUT2D eigenvalue weighted by atomic mass is 32.2. The molecule has 0 aliphatic rings. The van der Waals surface area contributed by atoms with Crippen LogP contribution in [-0.4, -0.2) is 13.4 Å². The number of hydrogen-bond donors (Lipinski definition) is 3. The fourth-order valence-corrected chi connectivity index (χ4v) is 2.60. The molecule has 1 aromatic carbocycles. The van der Waals surface area contributed by atoms with Crippen molar-refractivity contribution < 1.29 is 8.42 Å². The lowest BCUT2D eigenvalue weighted by molar-refractivity contribution is 0.601. The van der Waals surface area contributed by atoms with Gasteiger partial charge in [-0.15, -0.1) is 0 Å². The van der Waals surface area contributed by atoms with Crippen LogP contribution in [0.5, 0.6) is 0 Å². The number of benzene rings is 1. The number of sulfonamides is 1. The van der Waals surface area contributed by atoms with Gasteiger partial charge in [-0.2, -0.15) is 0 Å². The maximum Gasteiger partial charge on any atom is 0.263 e. The first-order valence-corrected chi connectivity index (χ1v) is 6.96. The van der Waals surface area contributed by atoms with Crippen LogP contribution in [0, 0.1) is 6.92 Å². The van der Waals surface area contributed by atoms with Crippen LogP contribution in [0.3, 0.4) is 0 Å². The van der Waals surface area contributed by atoms with Crippen LogP contribution in [0.1, 0.15) is 11.3 Å². The summed E-state index contributed by atoms with van der Waals surface area (Å²) in [5, 5.41) is 0. The summed E-state index contributed by atoms with van der Waals surface area (Å²) in [5.41, 5.74) is 7.72. The zero-order valence-electron chi connectivity index (χ0n) is 9.97. The zero-order valence-corrected chi connectivity index (χ0v) is 10.8. The minimum atomic E-state index is -3.55. The molecule has 0 unspecified atom stereocenters. The number of rotatable bonds is 4. The Morgan fingerprint density at radius 2 is 1.94 bits per heavy atom. The highest BCUT2D eigenvalue weighted by Gasteiger charge is 2.15. The molecule has 0 spiro atoms. The van der Waals surface area contributed by atoms with Crippen LogP contribution in [-0.2, 0) is 16.6 Å². The van der Waals surface area contributed by atoms with Crippen molar-refractivity contribution in [2.75, 3.05) is 4.72 Å². The van der Waals surface area contributed by atoms with E-state index in [-0.39, 0.29) is 11.4 Å². The molecular formula is C12H15N3O2S. The standard InChI is InChI=1S/C12H15N3O2S/c1-9-2-4-10(5-3-9)15-18(16,17)12-6-11(7-13)14-8-12/h2-6,8,14-15H,7,13H2,1H3. The van der Waals surface area contributed by atoms with E-state index in [2.05, 4.69) is 9.71 Å². The third kappa shape index (κ3) is 2.72. The molecule has 0 radical (unpaired) electrons. The molecule has 4 N–H and O–H groups in total. The van der Waals surface area contributed by atoms with E-state index in [0.717, 1.165) is 5.56 Å². The van der Waals surface area contributed by atoms with E-state index in [1.807, 2.05) is 19.1 Å². The van der Waals surface area contributed by atoms with Gasteiger partial charge < -0.3 is 10.7 Å². The van der Waals surface area contributed by atoms with Crippen LogP contribution < -0.4 is 10.5 Å². The first kappa shape index (κ1) is 12.7. The number of nitrogens with one attached hydrogen (secondary N) is 2. The molecule has 0 fully saturated rings. The van der Waals surface area contributed by atoms with E-state index >= 15 is 0 Å². The lowest BCUT2D eigenvalue weighted by Crippen LogP contribution is -2.12. The van der Waals surface area contributed by atoms with Gasteiger partial charge in [-0.25, -0.2) is 8.42 Å². The SMILES string of the molecule is Cc1ccc(NS(=O)(=O)c2c[nH]c(CN)c2)cc1. The van der Waals surface area contributed by atoms with E-state index in [9.17, 15) is 8.42 Å². The second kappa shape index (κ2) is 4.83. The molecule has 5 nitrogen and oxygen atoms in total. The normalized spacial score (nSPS) is 11.4. The summed E-state index contributed by atoms with van der Waals surface area (Å²) in [7, 11) is -3.55. The van der Waals surface area contributed by atoms with Crippen molar-refractivity contribution in [2.24, 2.45) is 5.73 Å². The van der Waals surface area contributed by atoms with E-state index in [1.54, 1.807) is 12.1 Å². The third-order valence-corrected chi connectivity index (χ3v) is 3.91. The van der Waals surface area contributed by atoms with Crippen molar-refractivity contribution in [1.29, 1.82) is 0 Å². The zero-order chi connectivity index (χ0) is 13.2. The Kier molecular flexibility index (Phi) is 3.40. The van der Waals surface area contributed by atoms with Gasteiger partial charge in [0.15, 0.2) is 0 Å². The van der Waals surface area contributed by atoms with Crippen LogP contribution in [0.4, 0.5) is 5.69 Å². The van der Waals surface area contributed by atoms with Gasteiger partial charge in [0.2, 0.25) is 0 Å². The average molecular weight is 265 g/mol. The summed E-state index contributed by atoms with van der Waals surface area (Å²) in [6.07, 6.45) is 1.43. The number of nitrogens with two attached hydrogens (primary N) is 1. The molecule has 1 aromatic heterocycles. The van der Waals surface area contributed by atoms with E-state index in [0.29, 0.717) is 11.4 Å². The Hall–Kier alpha value is -1.79. The fraction of sp³-hybridized carbons (Fsp3) is 0.167. The van der Waals surface area contributed by atoms with Gasteiger partial charge in [-0.3, -0.25) is 4.72 Å². The van der Waals surface area contributed by atoms with Gasteiger partial charge in [0.1, 0.15) is 4.90 Å². The highest BCUT2D eigenvalue weighted by Crippen LogP contribution is 2.17. The number of aromatic amines is 1. The van der Waals surface area contributed by atoms with Crippen molar-refractivity contribution in [1.82, 2.24) is 4.98 Å². The van der Waals surface area contributed by atoms with Gasteiger partial charge in [0.05, 0.1) is 0 Å². The first-order chi connectivity index (χ1) is 8.51. The molecule has 0 saturated heterocycles. The van der Waals surface area contributed by atoms with Gasteiger partial charge >= 0.3 is 0 Å². The Balaban J connectivity index is 2.24. The number of aromatic nitrogens is 1. The number of hydrogen-bond acceptors (Lipinski definition) is 3. The summed E-state index contributed by atoms with van der Waals surface area (Å²) in [6, 6.07) is 8.67. The maximum atomic E-state index is 12.0. The highest BCUT2D eigenvalue weighted by molar-refractivity contribution is 7.92. The second-order valence-corrected chi connectivity index (χ2v) is 5.72. The van der Waals surface area contributed by atoms with E-state index < -0.39 is 10.0 Å². The number of anilines is 1. The smallest absolute Gasteiger partial charge is 0.263 e. The fourth-order valence-electron chi connectivity index (χ4n) is 1.53. The molecule has 1 heterocycles. The molecule has 18 heavy (non-hydrogen) atoms. The maximum absolute atomic E-state index is 12.0. The van der Waals surface area contributed by atoms with Crippen LogP contribution in [0.25, 0.3) is 0 Å². The second-order valence-electron chi connectivity index (χ2n) is 4.04. The summed E-state index contributed by atoms with van der Waals surface area (Å²) < 4.78 is 26.6. The summed E-state index contributed by atoms with van der Waals surface area (Å²) in [6.45, 7) is 2.22. The van der Waals surface area contributed by atoms with Gasteiger partial charge in [0.25, 0.3) is 10.0 Å². The molecule has 0 aliphatic carbocycles. The lowest BCUT2D eigenvalue weighted by atomic mass is 10.2. The molecule has 2 aromatic rings. The Bertz CT molecular complexity index is 630. The summed E-state index contributed by atoms with van der Waals surface area (Å²) in [4.78, 5) is 3.00. The summed E-state index contributed by atoms with van der Waals surface area (Å²) in [5.74, 6) is 0. The van der Waals surface area contributed by atoms with Crippen LogP contribution >= 0.6 is 0 Å². The Labute approximate surface area is 106 Å². The molecule has 2 rings (SSSR count). The van der Waals surface area contributed by atoms with Gasteiger partial charge in [0, 0.05) is 24.1 Å². The minimum Gasteiger partial charge on any atom is -0.363 e. The van der Waals surface area contributed by atoms with Crippen molar-refractivity contribution in [3.63, 3.8) is 0 Å². The van der Waals surface area contributed by atoms with Crippen LogP contribution in [0.2, 0.25) is 0 Å². The number of H-pyrrole nitrogens is 1. The van der Waals surface area contributed by atoms with Crippen molar-refractivity contribution in [2.45, 2.75) is 18.4 Å². The molecule has 0 atom stereocenters. The monoisotopic (exact) mass is 265 g/mol.